The first-order valence-electron chi connectivity index (χ1n) is 5.60. The van der Waals surface area contributed by atoms with Gasteiger partial charge in [0.1, 0.15) is 0 Å². The molecule has 18 heavy (non-hydrogen) atoms. The van der Waals surface area contributed by atoms with Crippen LogP contribution in [0.15, 0.2) is 28.7 Å². The Bertz CT molecular complexity index is 609. The fraction of sp³-hybridized carbons (Fsp3) is 0.214. The minimum absolute atomic E-state index is 0.310. The van der Waals surface area contributed by atoms with Gasteiger partial charge >= 0.3 is 5.97 Å². The summed E-state index contributed by atoms with van der Waals surface area (Å²) in [5, 5.41) is 9.36. The zero-order valence-corrected chi connectivity index (χ0v) is 12.1. The average Bonchev–Trinajstić information content (AvgIpc) is 2.58. The fourth-order valence-corrected chi connectivity index (χ4v) is 2.90. The molecule has 1 aromatic heterocycles. The minimum atomic E-state index is -0.915. The van der Waals surface area contributed by atoms with Crippen molar-refractivity contribution in [1.82, 2.24) is 4.57 Å². The average molecular weight is 308 g/mol. The number of carbonyl (C=O) groups is 1. The number of carboxylic acids is 1. The van der Waals surface area contributed by atoms with E-state index < -0.39 is 5.97 Å². The van der Waals surface area contributed by atoms with Gasteiger partial charge in [-0.15, -0.1) is 0 Å². The monoisotopic (exact) mass is 307 g/mol. The summed E-state index contributed by atoms with van der Waals surface area (Å²) < 4.78 is 2.75. The van der Waals surface area contributed by atoms with Crippen molar-refractivity contribution in [2.24, 2.45) is 0 Å². The Balaban J connectivity index is 2.82. The second-order valence-corrected chi connectivity index (χ2v) is 5.25. The van der Waals surface area contributed by atoms with E-state index in [-0.39, 0.29) is 0 Å². The molecule has 0 saturated carbocycles. The van der Waals surface area contributed by atoms with E-state index in [9.17, 15) is 9.90 Å². The van der Waals surface area contributed by atoms with E-state index in [0.717, 1.165) is 21.4 Å². The van der Waals surface area contributed by atoms with E-state index in [4.69, 9.17) is 0 Å². The Morgan fingerprint density at radius 1 is 1.17 bits per heavy atom. The minimum Gasteiger partial charge on any atom is -0.478 e. The van der Waals surface area contributed by atoms with Gasteiger partial charge in [0.25, 0.3) is 0 Å². The molecule has 4 heteroatoms. The van der Waals surface area contributed by atoms with E-state index in [2.05, 4.69) is 15.9 Å². The number of aryl methyl sites for hydroxylation is 3. The summed E-state index contributed by atoms with van der Waals surface area (Å²) in [6.07, 6.45) is 0. The van der Waals surface area contributed by atoms with Crippen LogP contribution < -0.4 is 0 Å². The molecule has 0 aliphatic carbocycles. The number of benzene rings is 1. The van der Waals surface area contributed by atoms with Crippen LogP contribution in [0.2, 0.25) is 0 Å². The van der Waals surface area contributed by atoms with Crippen LogP contribution in [-0.4, -0.2) is 15.6 Å². The van der Waals surface area contributed by atoms with Gasteiger partial charge in [0.15, 0.2) is 0 Å². The fourth-order valence-electron chi connectivity index (χ4n) is 2.15. The van der Waals surface area contributed by atoms with Crippen molar-refractivity contribution in [2.75, 3.05) is 0 Å². The molecule has 1 heterocycles. The number of nitrogens with zero attached hydrogens (tertiary/aromatic N) is 1. The number of rotatable bonds is 2. The molecule has 0 unspecified atom stereocenters. The van der Waals surface area contributed by atoms with Crippen LogP contribution in [-0.2, 0) is 0 Å². The molecule has 0 atom stereocenters. The highest BCUT2D eigenvalue weighted by molar-refractivity contribution is 9.10. The number of aromatic carboxylic acids is 1. The van der Waals surface area contributed by atoms with Gasteiger partial charge in [0.05, 0.1) is 11.3 Å². The van der Waals surface area contributed by atoms with E-state index in [1.807, 2.05) is 43.5 Å². The standard InChI is InChI=1S/C14H14BrNO2/c1-8-6-11(14(17)18)13(12(15)7-8)16-9(2)4-5-10(16)3/h4-7H,1-3H3,(H,17,18). The lowest BCUT2D eigenvalue weighted by atomic mass is 10.1. The van der Waals surface area contributed by atoms with Crippen LogP contribution in [0.25, 0.3) is 5.69 Å². The molecule has 0 spiro atoms. The molecule has 0 amide bonds. The van der Waals surface area contributed by atoms with E-state index in [1.54, 1.807) is 6.07 Å². The molecule has 0 fully saturated rings. The topological polar surface area (TPSA) is 42.2 Å². The van der Waals surface area contributed by atoms with Gasteiger partial charge in [-0.05, 0) is 66.5 Å². The van der Waals surface area contributed by atoms with Crippen LogP contribution in [0.4, 0.5) is 0 Å². The van der Waals surface area contributed by atoms with Crippen molar-refractivity contribution in [2.45, 2.75) is 20.8 Å². The van der Waals surface area contributed by atoms with Gasteiger partial charge in [-0.3, -0.25) is 0 Å². The Labute approximate surface area is 114 Å². The van der Waals surface area contributed by atoms with Gasteiger partial charge < -0.3 is 9.67 Å². The lowest BCUT2D eigenvalue weighted by molar-refractivity contribution is 0.0696. The lowest BCUT2D eigenvalue weighted by Gasteiger charge is -2.15. The smallest absolute Gasteiger partial charge is 0.337 e. The second kappa shape index (κ2) is 4.61. The summed E-state index contributed by atoms with van der Waals surface area (Å²) in [4.78, 5) is 11.4. The van der Waals surface area contributed by atoms with Crippen molar-refractivity contribution >= 4 is 21.9 Å². The van der Waals surface area contributed by atoms with Gasteiger partial charge in [-0.2, -0.15) is 0 Å². The first-order chi connectivity index (χ1) is 8.41. The maximum atomic E-state index is 11.4. The molecule has 3 nitrogen and oxygen atoms in total. The molecule has 0 radical (unpaired) electrons. The normalized spacial score (nSPS) is 10.7. The van der Waals surface area contributed by atoms with E-state index in [1.165, 1.54) is 0 Å². The molecule has 0 aliphatic rings. The maximum Gasteiger partial charge on any atom is 0.337 e. The first-order valence-corrected chi connectivity index (χ1v) is 6.40. The van der Waals surface area contributed by atoms with Gasteiger partial charge in [-0.25, -0.2) is 4.79 Å². The largest absolute Gasteiger partial charge is 0.478 e. The maximum absolute atomic E-state index is 11.4. The molecule has 2 aromatic rings. The summed E-state index contributed by atoms with van der Waals surface area (Å²) in [5.74, 6) is -0.915. The summed E-state index contributed by atoms with van der Waals surface area (Å²) in [5.41, 5.74) is 3.95. The van der Waals surface area contributed by atoms with Gasteiger partial charge in [0.2, 0.25) is 0 Å². The summed E-state index contributed by atoms with van der Waals surface area (Å²) in [6.45, 7) is 5.81. The van der Waals surface area contributed by atoms with Crippen LogP contribution in [0.5, 0.6) is 0 Å². The van der Waals surface area contributed by atoms with Crippen molar-refractivity contribution in [1.29, 1.82) is 0 Å². The zero-order chi connectivity index (χ0) is 13.4. The third-order valence-corrected chi connectivity index (χ3v) is 3.54. The highest BCUT2D eigenvalue weighted by Gasteiger charge is 2.17. The third-order valence-electron chi connectivity index (χ3n) is 2.93. The van der Waals surface area contributed by atoms with E-state index in [0.29, 0.717) is 11.3 Å². The molecule has 94 valence electrons. The molecule has 1 N–H and O–H groups in total. The molecule has 1 aromatic carbocycles. The zero-order valence-electron chi connectivity index (χ0n) is 10.5. The molecular weight excluding hydrogens is 294 g/mol. The highest BCUT2D eigenvalue weighted by Crippen LogP contribution is 2.29. The van der Waals surface area contributed by atoms with Crippen molar-refractivity contribution in [3.63, 3.8) is 0 Å². The Hall–Kier alpha value is -1.55. The van der Waals surface area contributed by atoms with Crippen LogP contribution >= 0.6 is 15.9 Å². The SMILES string of the molecule is Cc1cc(Br)c(-n2c(C)ccc2C)c(C(=O)O)c1. The van der Waals surface area contributed by atoms with Crippen molar-refractivity contribution in [3.05, 3.63) is 51.3 Å². The number of hydrogen-bond acceptors (Lipinski definition) is 1. The molecule has 0 saturated heterocycles. The Morgan fingerprint density at radius 3 is 2.22 bits per heavy atom. The number of hydrogen-bond donors (Lipinski definition) is 1. The second-order valence-electron chi connectivity index (χ2n) is 4.40. The van der Waals surface area contributed by atoms with Gasteiger partial charge in [0, 0.05) is 15.9 Å². The summed E-state index contributed by atoms with van der Waals surface area (Å²) in [6, 6.07) is 7.59. The summed E-state index contributed by atoms with van der Waals surface area (Å²) in [7, 11) is 0. The highest BCUT2D eigenvalue weighted by atomic mass is 79.9. The molecule has 0 aliphatic heterocycles. The van der Waals surface area contributed by atoms with Crippen LogP contribution in [0.3, 0.4) is 0 Å². The van der Waals surface area contributed by atoms with Gasteiger partial charge in [-0.1, -0.05) is 0 Å². The molecule has 2 rings (SSSR count). The molecule has 0 bridgehead atoms. The predicted molar refractivity (Wildman–Crippen MR) is 74.6 cm³/mol. The number of carboxylic acid groups (broad SMARTS) is 1. The third kappa shape index (κ3) is 2.08. The van der Waals surface area contributed by atoms with Crippen molar-refractivity contribution in [3.8, 4) is 5.69 Å². The molecular formula is C14H14BrNO2. The summed E-state index contributed by atoms with van der Waals surface area (Å²) >= 11 is 3.47. The quantitative estimate of drug-likeness (QED) is 0.915. The number of halogens is 1. The first kappa shape index (κ1) is 12.9. The van der Waals surface area contributed by atoms with E-state index >= 15 is 0 Å². The predicted octanol–water partition coefficient (Wildman–Crippen LogP) is 3.86. The lowest BCUT2D eigenvalue weighted by Crippen LogP contribution is -2.09. The Kier molecular flexibility index (Phi) is 3.30. The van der Waals surface area contributed by atoms with Crippen LogP contribution in [0, 0.1) is 20.8 Å². The Morgan fingerprint density at radius 2 is 1.72 bits per heavy atom. The number of aromatic nitrogens is 1. The van der Waals surface area contributed by atoms with Crippen molar-refractivity contribution < 1.29 is 9.90 Å². The van der Waals surface area contributed by atoms with Crippen LogP contribution in [0.1, 0.15) is 27.3 Å².